The molecule has 0 aliphatic carbocycles. The van der Waals surface area contributed by atoms with E-state index in [9.17, 15) is 4.79 Å². The first kappa shape index (κ1) is 14.7. The molecule has 0 saturated carbocycles. The van der Waals surface area contributed by atoms with Crippen molar-refractivity contribution in [3.05, 3.63) is 47.0 Å². The fourth-order valence-electron chi connectivity index (χ4n) is 2.20. The number of Topliss-reactive ketones (excluding diaryl/α,β-unsaturated/α-hetero) is 1. The lowest BCUT2D eigenvalue weighted by Gasteiger charge is -2.12. The largest absolute Gasteiger partial charge is 0.294 e. The van der Waals surface area contributed by atoms with Crippen molar-refractivity contribution in [2.24, 2.45) is 0 Å². The Balaban J connectivity index is 2.11. The van der Waals surface area contributed by atoms with E-state index in [1.807, 2.05) is 16.9 Å². The van der Waals surface area contributed by atoms with Gasteiger partial charge >= 0.3 is 0 Å². The van der Waals surface area contributed by atoms with Gasteiger partial charge in [0.1, 0.15) is 0 Å². The maximum Gasteiger partial charge on any atom is 0.170 e. The summed E-state index contributed by atoms with van der Waals surface area (Å²) < 4.78 is 1.94. The molecule has 0 bridgehead atoms. The van der Waals surface area contributed by atoms with Gasteiger partial charge in [0.15, 0.2) is 5.78 Å². The molecule has 0 saturated heterocycles. The van der Waals surface area contributed by atoms with Gasteiger partial charge in [0.25, 0.3) is 0 Å². The molecule has 0 N–H and O–H groups in total. The standard InChI is InChI=1S/C15H18ClN3O/c1-3-12(4-2)19-8-6-11(18-19)9-15(20)13-5-7-17-10-14(13)16/h5-8,10,12H,3-4,9H2,1-2H3. The summed E-state index contributed by atoms with van der Waals surface area (Å²) in [5.41, 5.74) is 1.27. The van der Waals surface area contributed by atoms with Crippen LogP contribution in [0.1, 0.15) is 48.8 Å². The molecule has 0 aliphatic heterocycles. The number of pyridine rings is 1. The Morgan fingerprint density at radius 2 is 2.10 bits per heavy atom. The Morgan fingerprint density at radius 3 is 2.75 bits per heavy atom. The summed E-state index contributed by atoms with van der Waals surface area (Å²) in [6.45, 7) is 4.27. The summed E-state index contributed by atoms with van der Waals surface area (Å²) in [5.74, 6) is -0.0350. The number of nitrogens with zero attached hydrogens (tertiary/aromatic N) is 3. The minimum atomic E-state index is -0.0350. The highest BCUT2D eigenvalue weighted by Gasteiger charge is 2.14. The fraction of sp³-hybridized carbons (Fsp3) is 0.400. The number of carbonyl (C=O) groups is 1. The van der Waals surface area contributed by atoms with Crippen LogP contribution in [0.25, 0.3) is 0 Å². The Kier molecular flexibility index (Phi) is 4.90. The van der Waals surface area contributed by atoms with E-state index >= 15 is 0 Å². The normalized spacial score (nSPS) is 11.0. The van der Waals surface area contributed by atoms with Gasteiger partial charge in [0.2, 0.25) is 0 Å². The van der Waals surface area contributed by atoms with E-state index in [0.717, 1.165) is 18.5 Å². The predicted molar refractivity (Wildman–Crippen MR) is 79.1 cm³/mol. The number of carbonyl (C=O) groups excluding carboxylic acids is 1. The number of rotatable bonds is 6. The van der Waals surface area contributed by atoms with Crippen LogP contribution in [0.3, 0.4) is 0 Å². The van der Waals surface area contributed by atoms with Crippen molar-refractivity contribution >= 4 is 17.4 Å². The lowest BCUT2D eigenvalue weighted by molar-refractivity contribution is 0.0991. The molecular formula is C15H18ClN3O. The van der Waals surface area contributed by atoms with Crippen LogP contribution in [-0.4, -0.2) is 20.5 Å². The topological polar surface area (TPSA) is 47.8 Å². The molecule has 0 aliphatic rings. The summed E-state index contributed by atoms with van der Waals surface area (Å²) in [6.07, 6.45) is 7.31. The second kappa shape index (κ2) is 6.66. The minimum Gasteiger partial charge on any atom is -0.294 e. The van der Waals surface area contributed by atoms with Crippen molar-refractivity contribution in [3.8, 4) is 0 Å². The molecule has 2 heterocycles. The number of aromatic nitrogens is 3. The lowest BCUT2D eigenvalue weighted by atomic mass is 10.1. The van der Waals surface area contributed by atoms with E-state index in [1.165, 1.54) is 6.20 Å². The Labute approximate surface area is 123 Å². The zero-order valence-electron chi connectivity index (χ0n) is 11.7. The predicted octanol–water partition coefficient (Wildman–Crippen LogP) is 3.72. The first-order valence-electron chi connectivity index (χ1n) is 6.82. The SMILES string of the molecule is CCC(CC)n1ccc(CC(=O)c2ccncc2Cl)n1. The van der Waals surface area contributed by atoms with Gasteiger partial charge in [-0.3, -0.25) is 14.5 Å². The average Bonchev–Trinajstić information content (AvgIpc) is 2.89. The average molecular weight is 292 g/mol. The zero-order chi connectivity index (χ0) is 14.5. The first-order chi connectivity index (χ1) is 9.65. The van der Waals surface area contributed by atoms with Gasteiger partial charge < -0.3 is 0 Å². The maximum absolute atomic E-state index is 12.2. The molecule has 2 rings (SSSR count). The molecule has 0 fully saturated rings. The van der Waals surface area contributed by atoms with Crippen molar-refractivity contribution in [2.45, 2.75) is 39.2 Å². The van der Waals surface area contributed by atoms with E-state index < -0.39 is 0 Å². The monoisotopic (exact) mass is 291 g/mol. The van der Waals surface area contributed by atoms with Crippen LogP contribution in [0.15, 0.2) is 30.7 Å². The fourth-order valence-corrected chi connectivity index (χ4v) is 2.42. The van der Waals surface area contributed by atoms with Gasteiger partial charge in [-0.15, -0.1) is 0 Å². The molecule has 4 nitrogen and oxygen atoms in total. The third-order valence-electron chi connectivity index (χ3n) is 3.39. The summed E-state index contributed by atoms with van der Waals surface area (Å²) in [5, 5.41) is 4.87. The van der Waals surface area contributed by atoms with Crippen molar-refractivity contribution in [1.82, 2.24) is 14.8 Å². The number of ketones is 1. The number of hydrogen-bond acceptors (Lipinski definition) is 3. The molecule has 5 heteroatoms. The highest BCUT2D eigenvalue weighted by molar-refractivity contribution is 6.33. The lowest BCUT2D eigenvalue weighted by Crippen LogP contribution is -2.10. The molecule has 0 aromatic carbocycles. The highest BCUT2D eigenvalue weighted by Crippen LogP contribution is 2.18. The van der Waals surface area contributed by atoms with Crippen LogP contribution >= 0.6 is 11.6 Å². The van der Waals surface area contributed by atoms with Crippen molar-refractivity contribution in [1.29, 1.82) is 0 Å². The smallest absolute Gasteiger partial charge is 0.170 e. The van der Waals surface area contributed by atoms with E-state index in [-0.39, 0.29) is 12.2 Å². The van der Waals surface area contributed by atoms with Gasteiger partial charge in [-0.05, 0) is 25.0 Å². The first-order valence-corrected chi connectivity index (χ1v) is 7.20. The van der Waals surface area contributed by atoms with Crippen LogP contribution in [0.5, 0.6) is 0 Å². The van der Waals surface area contributed by atoms with Crippen LogP contribution in [0, 0.1) is 0 Å². The van der Waals surface area contributed by atoms with Gasteiger partial charge in [0, 0.05) is 24.2 Å². The molecule has 0 amide bonds. The molecule has 2 aromatic rings. The van der Waals surface area contributed by atoms with Crippen LogP contribution in [0.2, 0.25) is 5.02 Å². The summed E-state index contributed by atoms with van der Waals surface area (Å²) >= 11 is 5.98. The quantitative estimate of drug-likeness (QED) is 0.762. The molecule has 20 heavy (non-hydrogen) atoms. The molecule has 106 valence electrons. The molecule has 0 atom stereocenters. The van der Waals surface area contributed by atoms with Crippen LogP contribution in [-0.2, 0) is 6.42 Å². The van der Waals surface area contributed by atoms with Gasteiger partial charge in [-0.1, -0.05) is 25.4 Å². The molecule has 0 radical (unpaired) electrons. The number of hydrogen-bond donors (Lipinski definition) is 0. The summed E-state index contributed by atoms with van der Waals surface area (Å²) in [7, 11) is 0. The Bertz CT molecular complexity index is 590. The zero-order valence-corrected chi connectivity index (χ0v) is 12.5. The van der Waals surface area contributed by atoms with E-state index in [1.54, 1.807) is 12.3 Å². The van der Waals surface area contributed by atoms with Gasteiger partial charge in [-0.2, -0.15) is 5.10 Å². The third-order valence-corrected chi connectivity index (χ3v) is 3.70. The molecule has 0 unspecified atom stereocenters. The van der Waals surface area contributed by atoms with Gasteiger partial charge in [-0.25, -0.2) is 0 Å². The summed E-state index contributed by atoms with van der Waals surface area (Å²) in [6, 6.07) is 3.93. The highest BCUT2D eigenvalue weighted by atomic mass is 35.5. The second-order valence-electron chi connectivity index (χ2n) is 4.71. The number of halogens is 1. The Morgan fingerprint density at radius 1 is 1.35 bits per heavy atom. The van der Waals surface area contributed by atoms with Crippen molar-refractivity contribution in [3.63, 3.8) is 0 Å². The molecular weight excluding hydrogens is 274 g/mol. The van der Waals surface area contributed by atoms with Crippen molar-refractivity contribution in [2.75, 3.05) is 0 Å². The second-order valence-corrected chi connectivity index (χ2v) is 5.12. The van der Waals surface area contributed by atoms with Crippen LogP contribution in [0.4, 0.5) is 0 Å². The van der Waals surface area contributed by atoms with Crippen LogP contribution < -0.4 is 0 Å². The van der Waals surface area contributed by atoms with E-state index in [4.69, 9.17) is 11.6 Å². The van der Waals surface area contributed by atoms with Gasteiger partial charge in [0.05, 0.1) is 23.2 Å². The third kappa shape index (κ3) is 3.25. The molecule has 0 spiro atoms. The molecule has 2 aromatic heterocycles. The van der Waals surface area contributed by atoms with E-state index in [0.29, 0.717) is 16.6 Å². The van der Waals surface area contributed by atoms with Crippen molar-refractivity contribution < 1.29 is 4.79 Å². The Hall–Kier alpha value is -1.68. The van der Waals surface area contributed by atoms with E-state index in [2.05, 4.69) is 23.9 Å². The maximum atomic E-state index is 12.2. The minimum absolute atomic E-state index is 0.0350. The summed E-state index contributed by atoms with van der Waals surface area (Å²) in [4.78, 5) is 16.1.